The molecule has 0 spiro atoms. The molecule has 0 nitrogen and oxygen atoms in total. The van der Waals surface area contributed by atoms with Gasteiger partial charge in [0.25, 0.3) is 0 Å². The van der Waals surface area contributed by atoms with Gasteiger partial charge in [0.1, 0.15) is 0 Å². The molecular formula is C10H9AsCl2. The fraction of sp³-hybridized carbons (Fsp3) is 0. The molecule has 13 heavy (non-hydrogen) atoms. The van der Waals surface area contributed by atoms with Crippen LogP contribution in [0.1, 0.15) is 0 Å². The third-order valence-corrected chi connectivity index (χ3v) is 6.36. The Labute approximate surface area is 93.1 Å². The van der Waals surface area contributed by atoms with Crippen molar-refractivity contribution in [3.8, 4) is 0 Å². The van der Waals surface area contributed by atoms with Crippen LogP contribution in [-0.4, -0.2) is 14.7 Å². The second-order valence-corrected chi connectivity index (χ2v) is 6.84. The van der Waals surface area contributed by atoms with Crippen LogP contribution in [0.3, 0.4) is 0 Å². The Morgan fingerprint density at radius 1 is 0.923 bits per heavy atom. The second kappa shape index (κ2) is 6.32. The molecule has 0 aliphatic rings. The van der Waals surface area contributed by atoms with E-state index in [1.807, 2.05) is 27.9 Å². The molecule has 0 amide bonds. The topological polar surface area (TPSA) is 0 Å². The molecular weight excluding hydrogens is 266 g/mol. The standard InChI is InChI=1S/C10H9AsCl2/c12-8-6-11(7-9-13)10-4-2-1-3-5-10/h1-9H. The number of hydrogen-bond acceptors (Lipinski definition) is 0. The summed E-state index contributed by atoms with van der Waals surface area (Å²) in [5, 5.41) is 0. The van der Waals surface area contributed by atoms with Crippen molar-refractivity contribution < 1.29 is 0 Å². The summed E-state index contributed by atoms with van der Waals surface area (Å²) in [4.78, 5) is 4.06. The first-order valence-corrected chi connectivity index (χ1v) is 7.73. The van der Waals surface area contributed by atoms with E-state index in [1.165, 1.54) is 4.35 Å². The molecule has 0 unspecified atom stereocenters. The van der Waals surface area contributed by atoms with Gasteiger partial charge in [0.05, 0.1) is 0 Å². The Kier molecular flexibility index (Phi) is 5.30. The summed E-state index contributed by atoms with van der Waals surface area (Å²) in [7, 11) is 0. The normalized spacial score (nSPS) is 14.0. The van der Waals surface area contributed by atoms with Crippen LogP contribution in [0.5, 0.6) is 0 Å². The Hall–Kier alpha value is -0.162. The van der Waals surface area contributed by atoms with Crippen molar-refractivity contribution in [1.29, 1.82) is 0 Å². The van der Waals surface area contributed by atoms with Crippen LogP contribution in [0.4, 0.5) is 0 Å². The molecule has 0 aliphatic heterocycles. The predicted octanol–water partition coefficient (Wildman–Crippen LogP) is 2.97. The Balaban J connectivity index is 2.88. The average molecular weight is 275 g/mol. The van der Waals surface area contributed by atoms with Crippen LogP contribution >= 0.6 is 23.2 Å². The van der Waals surface area contributed by atoms with Crippen LogP contribution in [0.25, 0.3) is 0 Å². The van der Waals surface area contributed by atoms with Gasteiger partial charge in [-0.25, -0.2) is 0 Å². The molecule has 1 aromatic rings. The third-order valence-electron chi connectivity index (χ3n) is 1.49. The van der Waals surface area contributed by atoms with E-state index in [-0.39, 0.29) is 0 Å². The predicted molar refractivity (Wildman–Crippen MR) is 61.8 cm³/mol. The van der Waals surface area contributed by atoms with Gasteiger partial charge >= 0.3 is 93.3 Å². The van der Waals surface area contributed by atoms with Crippen molar-refractivity contribution in [3.63, 3.8) is 0 Å². The first-order chi connectivity index (χ1) is 6.38. The van der Waals surface area contributed by atoms with Crippen molar-refractivity contribution in [1.82, 2.24) is 0 Å². The summed E-state index contributed by atoms with van der Waals surface area (Å²) >= 11 is 9.84. The maximum absolute atomic E-state index is 5.56. The zero-order valence-corrected chi connectivity index (χ0v) is 10.3. The summed E-state index contributed by atoms with van der Waals surface area (Å²) in [5.74, 6) is 0. The molecule has 1 rings (SSSR count). The van der Waals surface area contributed by atoms with Crippen LogP contribution < -0.4 is 4.35 Å². The van der Waals surface area contributed by atoms with Crippen molar-refractivity contribution in [2.45, 2.75) is 0 Å². The molecule has 0 saturated heterocycles. The summed E-state index contributed by atoms with van der Waals surface area (Å²) in [6.45, 7) is 0. The average Bonchev–Trinajstić information content (AvgIpc) is 2.19. The van der Waals surface area contributed by atoms with E-state index in [9.17, 15) is 0 Å². The van der Waals surface area contributed by atoms with Crippen molar-refractivity contribution >= 4 is 42.2 Å². The van der Waals surface area contributed by atoms with E-state index >= 15 is 0 Å². The quantitative estimate of drug-likeness (QED) is 0.744. The molecule has 0 heterocycles. The van der Waals surface area contributed by atoms with E-state index in [1.54, 1.807) is 11.1 Å². The second-order valence-electron chi connectivity index (χ2n) is 2.29. The van der Waals surface area contributed by atoms with Crippen LogP contribution in [0, 0.1) is 0 Å². The molecule has 0 atom stereocenters. The fourth-order valence-electron chi connectivity index (χ4n) is 0.943. The van der Waals surface area contributed by atoms with E-state index in [4.69, 9.17) is 23.2 Å². The summed E-state index contributed by atoms with van der Waals surface area (Å²) in [5.41, 5.74) is 3.15. The SMILES string of the molecule is ClC=C[As](C=CCl)c1ccccc1. The Morgan fingerprint density at radius 3 is 1.92 bits per heavy atom. The van der Waals surface area contributed by atoms with Crippen LogP contribution in [0.2, 0.25) is 0 Å². The molecule has 68 valence electrons. The van der Waals surface area contributed by atoms with E-state index in [2.05, 4.69) is 12.1 Å². The zero-order valence-electron chi connectivity index (χ0n) is 6.90. The van der Waals surface area contributed by atoms with Crippen LogP contribution in [-0.2, 0) is 0 Å². The minimum atomic E-state index is -1.29. The van der Waals surface area contributed by atoms with E-state index in [0.717, 1.165) is 0 Å². The molecule has 3 heteroatoms. The van der Waals surface area contributed by atoms with Gasteiger partial charge in [0.2, 0.25) is 0 Å². The van der Waals surface area contributed by atoms with Gasteiger partial charge in [-0.1, -0.05) is 0 Å². The van der Waals surface area contributed by atoms with Crippen molar-refractivity contribution in [2.24, 2.45) is 0 Å². The monoisotopic (exact) mass is 274 g/mol. The van der Waals surface area contributed by atoms with E-state index < -0.39 is 14.7 Å². The maximum atomic E-state index is 5.56. The molecule has 0 fully saturated rings. The summed E-state index contributed by atoms with van der Waals surface area (Å²) in [6.07, 6.45) is 0. The molecule has 0 radical (unpaired) electrons. The van der Waals surface area contributed by atoms with Gasteiger partial charge in [-0.15, -0.1) is 0 Å². The minimum absolute atomic E-state index is 1.29. The first-order valence-electron chi connectivity index (χ1n) is 3.75. The zero-order chi connectivity index (χ0) is 9.52. The fourth-order valence-corrected chi connectivity index (χ4v) is 4.73. The first kappa shape index (κ1) is 10.9. The Bertz CT molecular complexity index is 281. The van der Waals surface area contributed by atoms with E-state index in [0.29, 0.717) is 0 Å². The molecule has 1 aromatic carbocycles. The van der Waals surface area contributed by atoms with Crippen molar-refractivity contribution in [2.75, 3.05) is 0 Å². The summed E-state index contributed by atoms with van der Waals surface area (Å²) in [6, 6.07) is 10.3. The molecule has 0 bridgehead atoms. The van der Waals surface area contributed by atoms with Gasteiger partial charge in [0.15, 0.2) is 0 Å². The molecule has 0 N–H and O–H groups in total. The number of benzene rings is 1. The van der Waals surface area contributed by atoms with Gasteiger partial charge in [-0.2, -0.15) is 0 Å². The van der Waals surface area contributed by atoms with Gasteiger partial charge < -0.3 is 0 Å². The number of hydrogen-bond donors (Lipinski definition) is 0. The summed E-state index contributed by atoms with van der Waals surface area (Å²) < 4.78 is 1.32. The molecule has 0 saturated carbocycles. The van der Waals surface area contributed by atoms with Gasteiger partial charge in [-0.05, 0) is 0 Å². The molecule has 0 aromatic heterocycles. The number of rotatable bonds is 3. The van der Waals surface area contributed by atoms with Gasteiger partial charge in [0, 0.05) is 0 Å². The Morgan fingerprint density at radius 2 is 1.46 bits per heavy atom. The number of halogens is 2. The molecule has 0 aliphatic carbocycles. The third kappa shape index (κ3) is 3.60. The van der Waals surface area contributed by atoms with Crippen LogP contribution in [0.15, 0.2) is 51.1 Å². The van der Waals surface area contributed by atoms with Gasteiger partial charge in [-0.3, -0.25) is 0 Å². The van der Waals surface area contributed by atoms with Crippen molar-refractivity contribution in [3.05, 3.63) is 51.1 Å².